The normalized spacial score (nSPS) is 13.3. The topological polar surface area (TPSA) is 41.6 Å². The second-order valence-corrected chi connectivity index (χ2v) is 5.60. The van der Waals surface area contributed by atoms with Crippen molar-refractivity contribution in [2.45, 2.75) is 13.5 Å². The van der Waals surface area contributed by atoms with Gasteiger partial charge in [-0.25, -0.2) is 0 Å². The monoisotopic (exact) mass is 308 g/mol. The molecule has 3 rings (SSSR count). The van der Waals surface area contributed by atoms with Crippen LogP contribution in [0.15, 0.2) is 55.1 Å². The van der Waals surface area contributed by atoms with Crippen LogP contribution in [0.5, 0.6) is 5.75 Å². The molecule has 1 heterocycles. The number of hydrogen-bond donors (Lipinski definition) is 1. The summed E-state index contributed by atoms with van der Waals surface area (Å²) in [5.74, 6) is 0.679. The largest absolute Gasteiger partial charge is 0.481 e. The maximum atomic E-state index is 11.9. The number of aryl methyl sites for hydroxylation is 1. The maximum absolute atomic E-state index is 11.9. The summed E-state index contributed by atoms with van der Waals surface area (Å²) in [6, 6.07) is 14.2. The number of rotatable bonds is 5. The molecule has 0 unspecified atom stereocenters. The van der Waals surface area contributed by atoms with E-state index in [9.17, 15) is 4.79 Å². The first-order valence-corrected chi connectivity index (χ1v) is 7.65. The highest BCUT2D eigenvalue weighted by Crippen LogP contribution is 2.34. The predicted molar refractivity (Wildman–Crippen MR) is 93.0 cm³/mol. The number of ether oxygens (including phenoxy) is 1. The SMILES string of the molecule is C=CCN1C(=O)COc2cc(NCc3ccc(C)cc3)ccc21. The van der Waals surface area contributed by atoms with E-state index in [4.69, 9.17) is 4.74 Å². The van der Waals surface area contributed by atoms with Crippen LogP contribution in [-0.4, -0.2) is 19.1 Å². The molecule has 0 aliphatic carbocycles. The van der Waals surface area contributed by atoms with E-state index in [1.54, 1.807) is 11.0 Å². The van der Waals surface area contributed by atoms with Crippen LogP contribution >= 0.6 is 0 Å². The van der Waals surface area contributed by atoms with E-state index in [-0.39, 0.29) is 12.5 Å². The van der Waals surface area contributed by atoms with E-state index in [2.05, 4.69) is 43.1 Å². The van der Waals surface area contributed by atoms with Crippen molar-refractivity contribution in [1.82, 2.24) is 0 Å². The minimum atomic E-state index is -0.0437. The summed E-state index contributed by atoms with van der Waals surface area (Å²) in [4.78, 5) is 13.6. The molecule has 0 bridgehead atoms. The van der Waals surface area contributed by atoms with Crippen molar-refractivity contribution in [3.63, 3.8) is 0 Å². The Morgan fingerprint density at radius 2 is 2.04 bits per heavy atom. The number of carbonyl (C=O) groups is 1. The Hall–Kier alpha value is -2.75. The summed E-state index contributed by atoms with van der Waals surface area (Å²) >= 11 is 0. The molecular weight excluding hydrogens is 288 g/mol. The Kier molecular flexibility index (Phi) is 4.33. The molecule has 4 heteroatoms. The quantitative estimate of drug-likeness (QED) is 0.859. The first-order valence-electron chi connectivity index (χ1n) is 7.65. The summed E-state index contributed by atoms with van der Waals surface area (Å²) in [6.45, 7) is 7.09. The van der Waals surface area contributed by atoms with Crippen LogP contribution in [0, 0.1) is 6.92 Å². The molecule has 2 aromatic rings. The van der Waals surface area contributed by atoms with Gasteiger partial charge in [0.25, 0.3) is 5.91 Å². The fourth-order valence-corrected chi connectivity index (χ4v) is 2.55. The maximum Gasteiger partial charge on any atom is 0.265 e. The van der Waals surface area contributed by atoms with Crippen LogP contribution in [0.1, 0.15) is 11.1 Å². The van der Waals surface area contributed by atoms with E-state index in [1.807, 2.05) is 18.2 Å². The van der Waals surface area contributed by atoms with Crippen molar-refractivity contribution >= 4 is 17.3 Å². The van der Waals surface area contributed by atoms with Gasteiger partial charge in [-0.2, -0.15) is 0 Å². The number of amides is 1. The van der Waals surface area contributed by atoms with Gasteiger partial charge in [-0.05, 0) is 24.6 Å². The second-order valence-electron chi connectivity index (χ2n) is 5.60. The lowest BCUT2D eigenvalue weighted by Gasteiger charge is -2.28. The van der Waals surface area contributed by atoms with Crippen molar-refractivity contribution in [3.8, 4) is 5.75 Å². The zero-order chi connectivity index (χ0) is 16.2. The van der Waals surface area contributed by atoms with Gasteiger partial charge >= 0.3 is 0 Å². The summed E-state index contributed by atoms with van der Waals surface area (Å²) in [7, 11) is 0. The molecule has 1 aliphatic rings. The molecule has 23 heavy (non-hydrogen) atoms. The van der Waals surface area contributed by atoms with Crippen LogP contribution in [-0.2, 0) is 11.3 Å². The molecule has 1 amide bonds. The van der Waals surface area contributed by atoms with Gasteiger partial charge < -0.3 is 15.0 Å². The summed E-state index contributed by atoms with van der Waals surface area (Å²) in [5, 5.41) is 3.38. The standard InChI is InChI=1S/C19H20N2O2/c1-3-10-21-17-9-8-16(11-18(17)23-13-19(21)22)20-12-15-6-4-14(2)5-7-15/h3-9,11,20H,1,10,12-13H2,2H3. The van der Waals surface area contributed by atoms with Gasteiger partial charge in [0.15, 0.2) is 6.61 Å². The number of hydrogen-bond acceptors (Lipinski definition) is 3. The fourth-order valence-electron chi connectivity index (χ4n) is 2.55. The number of fused-ring (bicyclic) bond motifs is 1. The Morgan fingerprint density at radius 1 is 1.26 bits per heavy atom. The van der Waals surface area contributed by atoms with Crippen molar-refractivity contribution < 1.29 is 9.53 Å². The van der Waals surface area contributed by atoms with Gasteiger partial charge in [-0.3, -0.25) is 4.79 Å². The lowest BCUT2D eigenvalue weighted by atomic mass is 10.1. The van der Waals surface area contributed by atoms with E-state index < -0.39 is 0 Å². The third-order valence-electron chi connectivity index (χ3n) is 3.83. The minimum absolute atomic E-state index is 0.0437. The van der Waals surface area contributed by atoms with E-state index in [0.29, 0.717) is 6.54 Å². The Bertz CT molecular complexity index is 723. The van der Waals surface area contributed by atoms with Crippen LogP contribution in [0.25, 0.3) is 0 Å². The van der Waals surface area contributed by atoms with E-state index >= 15 is 0 Å². The summed E-state index contributed by atoms with van der Waals surface area (Å²) < 4.78 is 5.56. The van der Waals surface area contributed by atoms with Gasteiger partial charge in [0.1, 0.15) is 5.75 Å². The lowest BCUT2D eigenvalue weighted by Crippen LogP contribution is -2.38. The lowest BCUT2D eigenvalue weighted by molar-refractivity contribution is -0.121. The highest BCUT2D eigenvalue weighted by Gasteiger charge is 2.24. The van der Waals surface area contributed by atoms with Crippen LogP contribution < -0.4 is 15.0 Å². The first-order chi connectivity index (χ1) is 11.2. The first kappa shape index (κ1) is 15.2. The molecule has 0 aromatic heterocycles. The van der Waals surface area contributed by atoms with E-state index in [1.165, 1.54) is 11.1 Å². The number of nitrogens with one attached hydrogen (secondary N) is 1. The van der Waals surface area contributed by atoms with Gasteiger partial charge in [-0.15, -0.1) is 6.58 Å². The average molecular weight is 308 g/mol. The van der Waals surface area contributed by atoms with Crippen LogP contribution in [0.3, 0.4) is 0 Å². The molecule has 0 saturated heterocycles. The summed E-state index contributed by atoms with van der Waals surface area (Å²) in [6.07, 6.45) is 1.72. The number of anilines is 2. The van der Waals surface area contributed by atoms with Crippen molar-refractivity contribution in [1.29, 1.82) is 0 Å². The second kappa shape index (κ2) is 6.57. The van der Waals surface area contributed by atoms with Crippen molar-refractivity contribution in [2.24, 2.45) is 0 Å². The molecule has 0 atom stereocenters. The molecule has 2 aromatic carbocycles. The summed E-state index contributed by atoms with van der Waals surface area (Å²) in [5.41, 5.74) is 4.24. The Morgan fingerprint density at radius 3 is 2.78 bits per heavy atom. The molecule has 118 valence electrons. The van der Waals surface area contributed by atoms with Crippen molar-refractivity contribution in [2.75, 3.05) is 23.4 Å². The average Bonchev–Trinajstić information content (AvgIpc) is 2.57. The highest BCUT2D eigenvalue weighted by atomic mass is 16.5. The fraction of sp³-hybridized carbons (Fsp3) is 0.211. The molecule has 4 nitrogen and oxygen atoms in total. The Labute approximate surface area is 136 Å². The number of benzene rings is 2. The smallest absolute Gasteiger partial charge is 0.265 e. The molecular formula is C19H20N2O2. The van der Waals surface area contributed by atoms with Gasteiger partial charge in [0.2, 0.25) is 0 Å². The van der Waals surface area contributed by atoms with Gasteiger partial charge in [0, 0.05) is 24.8 Å². The molecule has 0 spiro atoms. The molecule has 0 saturated carbocycles. The third-order valence-corrected chi connectivity index (χ3v) is 3.83. The predicted octanol–water partition coefficient (Wildman–Crippen LogP) is 3.52. The van der Waals surface area contributed by atoms with Crippen LogP contribution in [0.2, 0.25) is 0 Å². The highest BCUT2D eigenvalue weighted by molar-refractivity contribution is 5.98. The molecule has 1 aliphatic heterocycles. The molecule has 0 fully saturated rings. The zero-order valence-electron chi connectivity index (χ0n) is 13.2. The van der Waals surface area contributed by atoms with Crippen molar-refractivity contribution in [3.05, 3.63) is 66.2 Å². The number of carbonyl (C=O) groups excluding carboxylic acids is 1. The minimum Gasteiger partial charge on any atom is -0.481 e. The van der Waals surface area contributed by atoms with Crippen LogP contribution in [0.4, 0.5) is 11.4 Å². The molecule has 0 radical (unpaired) electrons. The van der Waals surface area contributed by atoms with E-state index in [0.717, 1.165) is 23.7 Å². The Balaban J connectivity index is 1.74. The van der Waals surface area contributed by atoms with Gasteiger partial charge in [-0.1, -0.05) is 35.9 Å². The number of nitrogens with zero attached hydrogens (tertiary/aromatic N) is 1. The third kappa shape index (κ3) is 3.37. The zero-order valence-corrected chi connectivity index (χ0v) is 13.2. The van der Waals surface area contributed by atoms with Gasteiger partial charge in [0.05, 0.1) is 5.69 Å². The molecule has 1 N–H and O–H groups in total.